The van der Waals surface area contributed by atoms with Crippen LogP contribution in [-0.4, -0.2) is 33.3 Å². The lowest BCUT2D eigenvalue weighted by Gasteiger charge is -2.07. The highest BCUT2D eigenvalue weighted by molar-refractivity contribution is 7.89. The molecule has 7 heteroatoms. The van der Waals surface area contributed by atoms with Gasteiger partial charge in [0.2, 0.25) is 0 Å². The molecule has 0 aromatic heterocycles. The number of fused-ring (bicyclic) bond motifs is 1. The first-order valence-electron chi connectivity index (χ1n) is 4.02. The van der Waals surface area contributed by atoms with Crippen LogP contribution in [0.4, 0.5) is 8.78 Å². The standard InChI is InChI=1S/C6H10F2N2O2S/c7-6(8)13(11,12)10-5-3-1-9-2-4(3)5/h3-6,9-10H,1-2H2. The third kappa shape index (κ3) is 1.55. The summed E-state index contributed by atoms with van der Waals surface area (Å²) in [5.74, 6) is -2.89. The molecular weight excluding hydrogens is 202 g/mol. The van der Waals surface area contributed by atoms with Gasteiger partial charge >= 0.3 is 5.76 Å². The Morgan fingerprint density at radius 2 is 1.85 bits per heavy atom. The van der Waals surface area contributed by atoms with Gasteiger partial charge in [-0.15, -0.1) is 0 Å². The first kappa shape index (κ1) is 9.29. The maximum absolute atomic E-state index is 11.9. The number of sulfonamides is 1. The summed E-state index contributed by atoms with van der Waals surface area (Å²) in [5.41, 5.74) is 0. The summed E-state index contributed by atoms with van der Waals surface area (Å²) in [5, 5.41) is 3.04. The zero-order chi connectivity index (χ0) is 9.64. The number of hydrogen-bond donors (Lipinski definition) is 2. The molecule has 2 rings (SSSR count). The van der Waals surface area contributed by atoms with Gasteiger partial charge < -0.3 is 5.32 Å². The highest BCUT2D eigenvalue weighted by atomic mass is 32.2. The molecule has 0 aromatic carbocycles. The predicted octanol–water partition coefficient (Wildman–Crippen LogP) is -0.654. The van der Waals surface area contributed by atoms with Crippen LogP contribution in [0.5, 0.6) is 0 Å². The highest BCUT2D eigenvalue weighted by Gasteiger charge is 2.55. The lowest BCUT2D eigenvalue weighted by atomic mass is 10.4. The third-order valence-corrected chi connectivity index (χ3v) is 3.70. The van der Waals surface area contributed by atoms with E-state index in [-0.39, 0.29) is 17.9 Å². The Labute approximate surface area is 74.7 Å². The van der Waals surface area contributed by atoms with Crippen LogP contribution >= 0.6 is 0 Å². The van der Waals surface area contributed by atoms with E-state index < -0.39 is 15.8 Å². The minimum Gasteiger partial charge on any atom is -0.316 e. The van der Waals surface area contributed by atoms with E-state index in [9.17, 15) is 17.2 Å². The van der Waals surface area contributed by atoms with E-state index in [0.29, 0.717) is 0 Å². The first-order valence-corrected chi connectivity index (χ1v) is 5.57. The van der Waals surface area contributed by atoms with Crippen LogP contribution in [0.1, 0.15) is 0 Å². The van der Waals surface area contributed by atoms with Crippen molar-refractivity contribution in [2.45, 2.75) is 11.8 Å². The average molecular weight is 212 g/mol. The monoisotopic (exact) mass is 212 g/mol. The summed E-state index contributed by atoms with van der Waals surface area (Å²) in [7, 11) is -4.39. The van der Waals surface area contributed by atoms with Gasteiger partial charge in [-0.1, -0.05) is 0 Å². The van der Waals surface area contributed by atoms with Gasteiger partial charge in [0, 0.05) is 6.04 Å². The first-order chi connectivity index (χ1) is 6.02. The van der Waals surface area contributed by atoms with Gasteiger partial charge in [-0.3, -0.25) is 0 Å². The summed E-state index contributed by atoms with van der Waals surface area (Å²) >= 11 is 0. The molecular formula is C6H10F2N2O2S. The molecule has 2 aliphatic rings. The molecule has 13 heavy (non-hydrogen) atoms. The molecule has 1 saturated carbocycles. The molecule has 4 nitrogen and oxygen atoms in total. The summed E-state index contributed by atoms with van der Waals surface area (Å²) in [6.07, 6.45) is 0. The lowest BCUT2D eigenvalue weighted by Crippen LogP contribution is -2.35. The Balaban J connectivity index is 1.94. The molecule has 0 amide bonds. The van der Waals surface area contributed by atoms with Crippen LogP contribution in [-0.2, 0) is 10.0 Å². The topological polar surface area (TPSA) is 58.2 Å². The van der Waals surface area contributed by atoms with E-state index in [1.807, 2.05) is 4.72 Å². The van der Waals surface area contributed by atoms with Gasteiger partial charge in [0.15, 0.2) is 0 Å². The fourth-order valence-corrected chi connectivity index (χ4v) is 2.67. The van der Waals surface area contributed by atoms with Crippen LogP contribution in [0.15, 0.2) is 0 Å². The summed E-state index contributed by atoms with van der Waals surface area (Å²) in [6, 6.07) is -0.264. The smallest absolute Gasteiger partial charge is 0.316 e. The normalized spacial score (nSPS) is 37.9. The van der Waals surface area contributed by atoms with Crippen LogP contribution in [0, 0.1) is 11.8 Å². The molecule has 2 N–H and O–H groups in total. The number of hydrogen-bond acceptors (Lipinski definition) is 3. The molecule has 0 aromatic rings. The molecule has 2 fully saturated rings. The van der Waals surface area contributed by atoms with Gasteiger partial charge in [-0.05, 0) is 24.9 Å². The molecule has 0 bridgehead atoms. The maximum atomic E-state index is 11.9. The SMILES string of the molecule is O=S(=O)(NC1C2CNCC21)C(F)F. The molecule has 1 aliphatic heterocycles. The fourth-order valence-electron chi connectivity index (χ4n) is 1.83. The Morgan fingerprint density at radius 3 is 2.31 bits per heavy atom. The molecule has 1 aliphatic carbocycles. The largest absolute Gasteiger partial charge is 0.350 e. The molecule has 0 radical (unpaired) electrons. The summed E-state index contributed by atoms with van der Waals surface area (Å²) < 4.78 is 47.3. The van der Waals surface area contributed by atoms with Gasteiger partial charge in [-0.2, -0.15) is 8.78 Å². The van der Waals surface area contributed by atoms with E-state index in [4.69, 9.17) is 0 Å². The van der Waals surface area contributed by atoms with E-state index in [1.165, 1.54) is 0 Å². The summed E-state index contributed by atoms with van der Waals surface area (Å²) in [6.45, 7) is 1.45. The van der Waals surface area contributed by atoms with Crippen molar-refractivity contribution in [3.8, 4) is 0 Å². The zero-order valence-electron chi connectivity index (χ0n) is 6.70. The second-order valence-corrected chi connectivity index (χ2v) is 5.12. The molecule has 2 atom stereocenters. The van der Waals surface area contributed by atoms with Gasteiger partial charge in [-0.25, -0.2) is 13.1 Å². The van der Waals surface area contributed by atoms with Crippen molar-refractivity contribution < 1.29 is 17.2 Å². The number of halogens is 2. The van der Waals surface area contributed by atoms with Gasteiger partial charge in [0.1, 0.15) is 0 Å². The quantitative estimate of drug-likeness (QED) is 0.653. The van der Waals surface area contributed by atoms with Crippen molar-refractivity contribution >= 4 is 10.0 Å². The summed E-state index contributed by atoms with van der Waals surface area (Å²) in [4.78, 5) is 0. The molecule has 1 heterocycles. The zero-order valence-corrected chi connectivity index (χ0v) is 7.52. The second-order valence-electron chi connectivity index (χ2n) is 3.44. The van der Waals surface area contributed by atoms with Crippen LogP contribution < -0.4 is 10.0 Å². The Bertz CT molecular complexity index is 296. The number of nitrogens with one attached hydrogen (secondary N) is 2. The van der Waals surface area contributed by atoms with Crippen molar-refractivity contribution in [3.05, 3.63) is 0 Å². The molecule has 76 valence electrons. The maximum Gasteiger partial charge on any atom is 0.350 e. The van der Waals surface area contributed by atoms with E-state index in [1.54, 1.807) is 0 Å². The minimum atomic E-state index is -4.39. The van der Waals surface area contributed by atoms with Crippen molar-refractivity contribution in [2.75, 3.05) is 13.1 Å². The van der Waals surface area contributed by atoms with E-state index >= 15 is 0 Å². The minimum absolute atomic E-state index is 0.216. The fraction of sp³-hybridized carbons (Fsp3) is 1.00. The molecule has 1 saturated heterocycles. The van der Waals surface area contributed by atoms with E-state index in [2.05, 4.69) is 5.32 Å². The lowest BCUT2D eigenvalue weighted by molar-refractivity contribution is 0.232. The molecule has 2 unspecified atom stereocenters. The van der Waals surface area contributed by atoms with Crippen molar-refractivity contribution in [1.82, 2.24) is 10.0 Å². The Hall–Kier alpha value is -0.270. The Morgan fingerprint density at radius 1 is 1.31 bits per heavy atom. The van der Waals surface area contributed by atoms with Crippen molar-refractivity contribution in [2.24, 2.45) is 11.8 Å². The average Bonchev–Trinajstić information content (AvgIpc) is 2.49. The third-order valence-electron chi connectivity index (χ3n) is 2.63. The van der Waals surface area contributed by atoms with Crippen LogP contribution in [0.2, 0.25) is 0 Å². The highest BCUT2D eigenvalue weighted by Crippen LogP contribution is 2.42. The van der Waals surface area contributed by atoms with Crippen LogP contribution in [0.25, 0.3) is 0 Å². The van der Waals surface area contributed by atoms with Gasteiger partial charge in [0.05, 0.1) is 0 Å². The van der Waals surface area contributed by atoms with Crippen LogP contribution in [0.3, 0.4) is 0 Å². The Kier molecular flexibility index (Phi) is 2.04. The van der Waals surface area contributed by atoms with Crippen molar-refractivity contribution in [3.63, 3.8) is 0 Å². The number of piperidine rings is 1. The second kappa shape index (κ2) is 2.86. The predicted molar refractivity (Wildman–Crippen MR) is 41.7 cm³/mol. The van der Waals surface area contributed by atoms with E-state index in [0.717, 1.165) is 13.1 Å². The number of alkyl halides is 2. The van der Waals surface area contributed by atoms with Crippen molar-refractivity contribution in [1.29, 1.82) is 0 Å². The molecule has 0 spiro atoms. The number of rotatable bonds is 3. The van der Waals surface area contributed by atoms with Gasteiger partial charge in [0.25, 0.3) is 10.0 Å².